The van der Waals surface area contributed by atoms with Crippen molar-refractivity contribution in [2.45, 2.75) is 0 Å². The Morgan fingerprint density at radius 1 is 1.11 bits per heavy atom. The molecule has 2 aromatic carbocycles. The first-order valence-corrected chi connectivity index (χ1v) is 8.73. The molecular weight excluding hydrogens is 411 g/mol. The van der Waals surface area contributed by atoms with E-state index in [4.69, 9.17) is 44.9 Å². The van der Waals surface area contributed by atoms with E-state index < -0.39 is 5.97 Å². The molecule has 1 heterocycles. The Hall–Kier alpha value is -2.61. The highest BCUT2D eigenvalue weighted by Gasteiger charge is 2.20. The number of esters is 1. The van der Waals surface area contributed by atoms with E-state index in [1.807, 2.05) is 0 Å². The molecule has 2 aromatic rings. The minimum atomic E-state index is -0.650. The summed E-state index contributed by atoms with van der Waals surface area (Å²) in [5.41, 5.74) is 1.13. The van der Waals surface area contributed by atoms with Gasteiger partial charge in [-0.1, -0.05) is 29.3 Å². The van der Waals surface area contributed by atoms with Gasteiger partial charge in [-0.15, -0.1) is 0 Å². The van der Waals surface area contributed by atoms with Crippen molar-refractivity contribution in [2.24, 2.45) is 0 Å². The van der Waals surface area contributed by atoms with Crippen LogP contribution in [0.5, 0.6) is 11.5 Å². The first kappa shape index (κ1) is 19.2. The number of ether oxygens (including phenoxy) is 2. The molecular formula is C18H12Cl2N2O4S. The number of benzene rings is 2. The molecule has 0 aliphatic carbocycles. The van der Waals surface area contributed by atoms with E-state index in [0.717, 1.165) is 0 Å². The monoisotopic (exact) mass is 422 g/mol. The predicted molar refractivity (Wildman–Crippen MR) is 106 cm³/mol. The molecule has 1 aliphatic heterocycles. The summed E-state index contributed by atoms with van der Waals surface area (Å²) in [4.78, 5) is 24.1. The molecule has 2 N–H and O–H groups in total. The highest BCUT2D eigenvalue weighted by atomic mass is 35.5. The van der Waals surface area contributed by atoms with Gasteiger partial charge in [0.2, 0.25) is 0 Å². The lowest BCUT2D eigenvalue weighted by Crippen LogP contribution is -2.21. The Kier molecular flexibility index (Phi) is 5.65. The second kappa shape index (κ2) is 7.96. The lowest BCUT2D eigenvalue weighted by atomic mass is 10.1. The summed E-state index contributed by atoms with van der Waals surface area (Å²) in [6.45, 7) is 0. The molecule has 1 amide bonds. The molecule has 0 radical (unpaired) electrons. The molecule has 1 aliphatic rings. The van der Waals surface area contributed by atoms with Crippen LogP contribution in [0.1, 0.15) is 15.9 Å². The molecule has 1 fully saturated rings. The van der Waals surface area contributed by atoms with Crippen LogP contribution in [-0.4, -0.2) is 24.1 Å². The maximum absolute atomic E-state index is 12.4. The maximum atomic E-state index is 12.4. The van der Waals surface area contributed by atoms with Crippen molar-refractivity contribution in [3.63, 3.8) is 0 Å². The van der Waals surface area contributed by atoms with Crippen molar-refractivity contribution in [1.29, 1.82) is 0 Å². The number of carbonyl (C=O) groups excluding carboxylic acids is 2. The van der Waals surface area contributed by atoms with Crippen LogP contribution < -0.4 is 20.1 Å². The second-order valence-electron chi connectivity index (χ2n) is 5.39. The van der Waals surface area contributed by atoms with Crippen molar-refractivity contribution in [3.05, 3.63) is 63.3 Å². The molecule has 27 heavy (non-hydrogen) atoms. The second-order valence-corrected chi connectivity index (χ2v) is 6.64. The number of thiocarbonyl (C=S) groups is 1. The molecule has 9 heteroatoms. The smallest absolute Gasteiger partial charge is 0.345 e. The van der Waals surface area contributed by atoms with Crippen molar-refractivity contribution >= 4 is 58.5 Å². The molecule has 138 valence electrons. The average molecular weight is 423 g/mol. The Morgan fingerprint density at radius 2 is 1.89 bits per heavy atom. The molecule has 0 saturated carbocycles. The highest BCUT2D eigenvalue weighted by Crippen LogP contribution is 2.31. The standard InChI is InChI=1S/C18H12Cl2N2O4S/c1-25-15-7-9(6-13-16(23)22-18(27)21-13)2-5-14(15)26-17(24)11-4-3-10(19)8-12(11)20/h2-8H,1H3,(H2,21,22,23,27)/b13-6+. The summed E-state index contributed by atoms with van der Waals surface area (Å²) in [5, 5.41) is 6.05. The van der Waals surface area contributed by atoms with Crippen LogP contribution in [0.4, 0.5) is 0 Å². The first-order valence-electron chi connectivity index (χ1n) is 7.56. The van der Waals surface area contributed by atoms with Gasteiger partial charge in [0, 0.05) is 5.02 Å². The summed E-state index contributed by atoms with van der Waals surface area (Å²) in [6, 6.07) is 9.31. The predicted octanol–water partition coefficient (Wildman–Crippen LogP) is 3.57. The largest absolute Gasteiger partial charge is 0.493 e. The van der Waals surface area contributed by atoms with E-state index in [1.54, 1.807) is 30.3 Å². The molecule has 3 rings (SSSR count). The lowest BCUT2D eigenvalue weighted by Gasteiger charge is -2.11. The summed E-state index contributed by atoms with van der Waals surface area (Å²) in [5.74, 6) is -0.464. The Balaban J connectivity index is 1.84. The van der Waals surface area contributed by atoms with Crippen LogP contribution >= 0.6 is 35.4 Å². The lowest BCUT2D eigenvalue weighted by molar-refractivity contribution is -0.115. The van der Waals surface area contributed by atoms with Crippen LogP contribution in [0, 0.1) is 0 Å². The van der Waals surface area contributed by atoms with Gasteiger partial charge in [-0.2, -0.15) is 0 Å². The number of amides is 1. The molecule has 0 unspecified atom stereocenters. The fourth-order valence-corrected chi connectivity index (χ4v) is 3.01. The number of hydrogen-bond acceptors (Lipinski definition) is 5. The van der Waals surface area contributed by atoms with E-state index >= 15 is 0 Å². The quantitative estimate of drug-likeness (QED) is 0.339. The van der Waals surface area contributed by atoms with Gasteiger partial charge in [-0.3, -0.25) is 10.1 Å². The van der Waals surface area contributed by atoms with Gasteiger partial charge < -0.3 is 14.8 Å². The zero-order valence-corrected chi connectivity index (χ0v) is 16.2. The van der Waals surface area contributed by atoms with E-state index in [2.05, 4.69) is 10.6 Å². The van der Waals surface area contributed by atoms with Gasteiger partial charge >= 0.3 is 5.97 Å². The Morgan fingerprint density at radius 3 is 2.52 bits per heavy atom. The van der Waals surface area contributed by atoms with Crippen molar-refractivity contribution in [2.75, 3.05) is 7.11 Å². The average Bonchev–Trinajstić information content (AvgIpc) is 2.93. The van der Waals surface area contributed by atoms with Crippen molar-refractivity contribution in [1.82, 2.24) is 10.6 Å². The van der Waals surface area contributed by atoms with Crippen molar-refractivity contribution in [3.8, 4) is 11.5 Å². The molecule has 0 aromatic heterocycles. The zero-order chi connectivity index (χ0) is 19.6. The van der Waals surface area contributed by atoms with Gasteiger partial charge in [0.15, 0.2) is 16.6 Å². The number of rotatable bonds is 4. The van der Waals surface area contributed by atoms with Gasteiger partial charge in [0.05, 0.1) is 17.7 Å². The van der Waals surface area contributed by atoms with Crippen molar-refractivity contribution < 1.29 is 19.1 Å². The van der Waals surface area contributed by atoms with Crippen LogP contribution in [-0.2, 0) is 4.79 Å². The van der Waals surface area contributed by atoms with E-state index in [9.17, 15) is 9.59 Å². The fourth-order valence-electron chi connectivity index (χ4n) is 2.32. The number of nitrogens with one attached hydrogen (secondary N) is 2. The van der Waals surface area contributed by atoms with Gasteiger partial charge in [0.1, 0.15) is 5.70 Å². The molecule has 0 atom stereocenters. The normalized spacial score (nSPS) is 14.7. The molecule has 6 nitrogen and oxygen atoms in total. The third kappa shape index (κ3) is 4.39. The first-order chi connectivity index (χ1) is 12.9. The van der Waals surface area contributed by atoms with Crippen LogP contribution in [0.15, 0.2) is 42.1 Å². The van der Waals surface area contributed by atoms with Crippen LogP contribution in [0.2, 0.25) is 10.0 Å². The topological polar surface area (TPSA) is 76.7 Å². The third-order valence-corrected chi connectivity index (χ3v) is 4.32. The third-order valence-electron chi connectivity index (χ3n) is 3.57. The van der Waals surface area contributed by atoms with Gasteiger partial charge in [-0.05, 0) is 54.2 Å². The van der Waals surface area contributed by atoms with E-state index in [0.29, 0.717) is 22.0 Å². The summed E-state index contributed by atoms with van der Waals surface area (Å²) >= 11 is 16.7. The molecule has 0 bridgehead atoms. The number of hydrogen-bond donors (Lipinski definition) is 2. The summed E-state index contributed by atoms with van der Waals surface area (Å²) in [7, 11) is 1.44. The minimum Gasteiger partial charge on any atom is -0.493 e. The Bertz CT molecular complexity index is 991. The van der Waals surface area contributed by atoms with Crippen LogP contribution in [0.3, 0.4) is 0 Å². The van der Waals surface area contributed by atoms with Gasteiger partial charge in [-0.25, -0.2) is 4.79 Å². The Labute approximate surface area is 170 Å². The zero-order valence-electron chi connectivity index (χ0n) is 13.8. The fraction of sp³-hybridized carbons (Fsp3) is 0.0556. The summed E-state index contributed by atoms with van der Waals surface area (Å²) in [6.07, 6.45) is 1.60. The number of carbonyl (C=O) groups is 2. The highest BCUT2D eigenvalue weighted by molar-refractivity contribution is 7.80. The van der Waals surface area contributed by atoms with E-state index in [1.165, 1.54) is 19.2 Å². The maximum Gasteiger partial charge on any atom is 0.345 e. The van der Waals surface area contributed by atoms with E-state index in [-0.39, 0.29) is 27.4 Å². The molecule has 1 saturated heterocycles. The number of halogens is 2. The number of methoxy groups -OCH3 is 1. The van der Waals surface area contributed by atoms with Crippen LogP contribution in [0.25, 0.3) is 6.08 Å². The summed E-state index contributed by atoms with van der Waals surface area (Å²) < 4.78 is 10.7. The minimum absolute atomic E-state index is 0.176. The van der Waals surface area contributed by atoms with Gasteiger partial charge in [0.25, 0.3) is 5.91 Å². The SMILES string of the molecule is COc1cc(/C=C2/NC(=S)NC2=O)ccc1OC(=O)c1ccc(Cl)cc1Cl. The molecule has 0 spiro atoms.